The maximum Gasteiger partial charge on any atom is 0.341 e. The largest absolute Gasteiger partial charge is 0.479 e. The van der Waals surface area contributed by atoms with Crippen molar-refractivity contribution in [3.05, 3.63) is 32.5 Å². The minimum Gasteiger partial charge on any atom is -0.479 e. The van der Waals surface area contributed by atoms with Crippen molar-refractivity contribution in [1.82, 2.24) is 0 Å². The zero-order chi connectivity index (χ0) is 12.3. The van der Waals surface area contributed by atoms with Gasteiger partial charge in [0, 0.05) is 12.1 Å². The lowest BCUT2D eigenvalue weighted by atomic mass is 10.3. The highest BCUT2D eigenvalue weighted by molar-refractivity contribution is 9.10. The number of benzene rings is 1. The van der Waals surface area contributed by atoms with E-state index in [0.717, 1.165) is 12.1 Å². The zero-order valence-corrected chi connectivity index (χ0v) is 9.23. The molecule has 0 aromatic heterocycles. The van der Waals surface area contributed by atoms with Gasteiger partial charge < -0.3 is 9.84 Å². The predicted molar refractivity (Wildman–Crippen MR) is 53.9 cm³/mol. The topological polar surface area (TPSA) is 89.7 Å². The molecule has 0 spiro atoms. The maximum absolute atomic E-state index is 13.1. The first-order valence-corrected chi connectivity index (χ1v) is 4.69. The molecule has 86 valence electrons. The highest BCUT2D eigenvalue weighted by Crippen LogP contribution is 2.32. The Morgan fingerprint density at radius 2 is 2.25 bits per heavy atom. The molecule has 0 amide bonds. The van der Waals surface area contributed by atoms with Gasteiger partial charge in [-0.2, -0.15) is 0 Å². The van der Waals surface area contributed by atoms with Crippen LogP contribution >= 0.6 is 15.9 Å². The first-order valence-electron chi connectivity index (χ1n) is 3.90. The molecular weight excluding hydrogens is 289 g/mol. The molecule has 0 aliphatic rings. The molecule has 6 nitrogen and oxygen atoms in total. The monoisotopic (exact) mass is 293 g/mol. The summed E-state index contributed by atoms with van der Waals surface area (Å²) in [7, 11) is 0. The van der Waals surface area contributed by atoms with Gasteiger partial charge in [0.15, 0.2) is 6.61 Å². The van der Waals surface area contributed by atoms with Gasteiger partial charge in [0.1, 0.15) is 5.82 Å². The lowest BCUT2D eigenvalue weighted by Gasteiger charge is -2.05. The molecule has 0 heterocycles. The molecule has 0 saturated heterocycles. The molecule has 0 radical (unpaired) electrons. The number of carboxylic acids is 1. The summed E-state index contributed by atoms with van der Waals surface area (Å²) in [4.78, 5) is 20.0. The quantitative estimate of drug-likeness (QED) is 0.677. The van der Waals surface area contributed by atoms with Crippen LogP contribution in [0.5, 0.6) is 5.75 Å². The van der Waals surface area contributed by atoms with Crippen LogP contribution in [0.2, 0.25) is 0 Å². The van der Waals surface area contributed by atoms with Crippen LogP contribution in [-0.2, 0) is 4.79 Å². The molecule has 0 bridgehead atoms. The lowest BCUT2D eigenvalue weighted by Crippen LogP contribution is -2.10. The smallest absolute Gasteiger partial charge is 0.341 e. The van der Waals surface area contributed by atoms with Crippen LogP contribution in [0.1, 0.15) is 0 Å². The number of nitro benzene ring substituents is 1. The molecule has 8 heteroatoms. The van der Waals surface area contributed by atoms with Crippen molar-refractivity contribution in [2.75, 3.05) is 6.61 Å². The van der Waals surface area contributed by atoms with Gasteiger partial charge in [-0.3, -0.25) is 10.1 Å². The Bertz CT molecular complexity index is 450. The summed E-state index contributed by atoms with van der Waals surface area (Å²) in [6, 6.07) is 1.66. The Hall–Kier alpha value is -1.70. The van der Waals surface area contributed by atoms with Gasteiger partial charge in [0.2, 0.25) is 5.75 Å². The van der Waals surface area contributed by atoms with Gasteiger partial charge in [-0.25, -0.2) is 9.18 Å². The van der Waals surface area contributed by atoms with E-state index in [-0.39, 0.29) is 4.47 Å². The Morgan fingerprint density at radius 1 is 1.62 bits per heavy atom. The third kappa shape index (κ3) is 2.89. The number of nitrogens with zero attached hydrogens (tertiary/aromatic N) is 1. The highest BCUT2D eigenvalue weighted by Gasteiger charge is 2.19. The fourth-order valence-electron chi connectivity index (χ4n) is 0.916. The maximum atomic E-state index is 13.1. The summed E-state index contributed by atoms with van der Waals surface area (Å²) < 4.78 is 17.5. The van der Waals surface area contributed by atoms with Gasteiger partial charge in [-0.15, -0.1) is 0 Å². The summed E-state index contributed by atoms with van der Waals surface area (Å²) >= 11 is 2.78. The third-order valence-corrected chi connectivity index (χ3v) is 2.16. The van der Waals surface area contributed by atoms with Crippen molar-refractivity contribution in [2.45, 2.75) is 0 Å². The fourth-order valence-corrected chi connectivity index (χ4v) is 1.25. The molecule has 0 atom stereocenters. The van der Waals surface area contributed by atoms with Gasteiger partial charge in [-0.05, 0) is 15.9 Å². The average Bonchev–Trinajstić information content (AvgIpc) is 2.18. The van der Waals surface area contributed by atoms with Crippen molar-refractivity contribution in [3.8, 4) is 5.75 Å². The van der Waals surface area contributed by atoms with Crippen molar-refractivity contribution in [1.29, 1.82) is 0 Å². The number of hydrogen-bond donors (Lipinski definition) is 1. The van der Waals surface area contributed by atoms with Crippen LogP contribution in [0.4, 0.5) is 10.1 Å². The van der Waals surface area contributed by atoms with E-state index in [0.29, 0.717) is 0 Å². The third-order valence-electron chi connectivity index (χ3n) is 1.55. The van der Waals surface area contributed by atoms with E-state index in [1.54, 1.807) is 0 Å². The summed E-state index contributed by atoms with van der Waals surface area (Å²) in [6.45, 7) is -0.776. The molecule has 1 N–H and O–H groups in total. The molecule has 0 aliphatic heterocycles. The number of nitro groups is 1. The van der Waals surface area contributed by atoms with E-state index in [2.05, 4.69) is 20.7 Å². The number of halogens is 2. The van der Waals surface area contributed by atoms with Crippen LogP contribution in [0.15, 0.2) is 16.6 Å². The average molecular weight is 294 g/mol. The van der Waals surface area contributed by atoms with Crippen molar-refractivity contribution in [2.24, 2.45) is 0 Å². The molecular formula is C8H5BrFNO5. The van der Waals surface area contributed by atoms with E-state index < -0.39 is 34.8 Å². The SMILES string of the molecule is O=C(O)COc1cc(F)c(Br)cc1[N+](=O)[O-]. The van der Waals surface area contributed by atoms with Crippen LogP contribution in [0.3, 0.4) is 0 Å². The molecule has 0 saturated carbocycles. The lowest BCUT2D eigenvalue weighted by molar-refractivity contribution is -0.385. The van der Waals surface area contributed by atoms with E-state index in [1.165, 1.54) is 0 Å². The molecule has 16 heavy (non-hydrogen) atoms. The second-order valence-corrected chi connectivity index (χ2v) is 3.53. The molecule has 1 aromatic rings. The fraction of sp³-hybridized carbons (Fsp3) is 0.125. The first kappa shape index (κ1) is 12.4. The minimum absolute atomic E-state index is 0.0955. The number of rotatable bonds is 4. The van der Waals surface area contributed by atoms with Gasteiger partial charge >= 0.3 is 11.7 Å². The predicted octanol–water partition coefficient (Wildman–Crippen LogP) is 1.96. The van der Waals surface area contributed by atoms with Crippen LogP contribution < -0.4 is 4.74 Å². The summed E-state index contributed by atoms with van der Waals surface area (Å²) in [5.74, 6) is -2.50. The number of aliphatic carboxylic acids is 1. The van der Waals surface area contributed by atoms with Gasteiger partial charge in [0.05, 0.1) is 9.40 Å². The number of ether oxygens (including phenoxy) is 1. The van der Waals surface area contributed by atoms with E-state index in [9.17, 15) is 19.3 Å². The normalized spacial score (nSPS) is 9.88. The van der Waals surface area contributed by atoms with Crippen LogP contribution in [-0.4, -0.2) is 22.6 Å². The molecule has 0 fully saturated rings. The summed E-state index contributed by atoms with van der Waals surface area (Å²) in [6.07, 6.45) is 0. The first-order chi connectivity index (χ1) is 7.41. The molecule has 1 rings (SSSR count). The second kappa shape index (κ2) is 4.88. The minimum atomic E-state index is -1.31. The summed E-state index contributed by atoms with van der Waals surface area (Å²) in [5.41, 5.74) is -0.505. The van der Waals surface area contributed by atoms with Gasteiger partial charge in [-0.1, -0.05) is 0 Å². The molecule has 0 aliphatic carbocycles. The summed E-state index contributed by atoms with van der Waals surface area (Å²) in [5, 5.41) is 18.9. The standard InChI is InChI=1S/C8H5BrFNO5/c9-4-1-6(11(14)15)7(2-5(4)10)16-3-8(12)13/h1-2H,3H2,(H,12,13). The van der Waals surface area contributed by atoms with Crippen LogP contribution in [0.25, 0.3) is 0 Å². The molecule has 1 aromatic carbocycles. The number of carboxylic acid groups (broad SMARTS) is 1. The van der Waals surface area contributed by atoms with Crippen molar-refractivity contribution >= 4 is 27.6 Å². The Morgan fingerprint density at radius 3 is 2.75 bits per heavy atom. The van der Waals surface area contributed by atoms with E-state index >= 15 is 0 Å². The van der Waals surface area contributed by atoms with Crippen LogP contribution in [0, 0.1) is 15.9 Å². The second-order valence-electron chi connectivity index (χ2n) is 2.67. The number of carbonyl (C=O) groups is 1. The highest BCUT2D eigenvalue weighted by atomic mass is 79.9. The Balaban J connectivity index is 3.09. The Kier molecular flexibility index (Phi) is 3.78. The zero-order valence-electron chi connectivity index (χ0n) is 7.65. The van der Waals surface area contributed by atoms with E-state index in [1.807, 2.05) is 0 Å². The Labute approximate surface area is 96.9 Å². The van der Waals surface area contributed by atoms with Crippen molar-refractivity contribution < 1.29 is 24.0 Å². The number of hydrogen-bond acceptors (Lipinski definition) is 4. The van der Waals surface area contributed by atoms with E-state index in [4.69, 9.17) is 5.11 Å². The van der Waals surface area contributed by atoms with Gasteiger partial charge in [0.25, 0.3) is 0 Å². The molecule has 0 unspecified atom stereocenters. The van der Waals surface area contributed by atoms with Crippen molar-refractivity contribution in [3.63, 3.8) is 0 Å².